The number of benzene rings is 1. The molecule has 0 spiro atoms. The van der Waals surface area contributed by atoms with Gasteiger partial charge in [-0.2, -0.15) is 0 Å². The summed E-state index contributed by atoms with van der Waals surface area (Å²) in [6.07, 6.45) is 7.39. The molecule has 1 rings (SSSR count). The molecular weight excluding hydrogens is 412 g/mol. The van der Waals surface area contributed by atoms with Crippen molar-refractivity contribution >= 4 is 30.4 Å². The van der Waals surface area contributed by atoms with Gasteiger partial charge in [0.25, 0.3) is 0 Å². The third-order valence-corrected chi connectivity index (χ3v) is 17.3. The van der Waals surface area contributed by atoms with Crippen LogP contribution in [0.15, 0.2) is 18.2 Å². The number of hydrogen-bond acceptors (Lipinski definition) is 2. The molecular formula is C19H30ClNOSn. The zero-order valence-corrected chi connectivity index (χ0v) is 18.4. The van der Waals surface area contributed by atoms with Crippen molar-refractivity contribution in [3.05, 3.63) is 28.8 Å². The van der Waals surface area contributed by atoms with Gasteiger partial charge in [0.15, 0.2) is 0 Å². The van der Waals surface area contributed by atoms with Crippen molar-refractivity contribution in [2.45, 2.75) is 72.6 Å². The molecule has 0 radical (unpaired) electrons. The van der Waals surface area contributed by atoms with Crippen LogP contribution in [0, 0.1) is 11.3 Å². The van der Waals surface area contributed by atoms with Crippen LogP contribution in [0.5, 0.6) is 5.75 Å². The maximum absolute atomic E-state index is 9.40. The minimum absolute atomic E-state index is 0.586. The fourth-order valence-electron chi connectivity index (χ4n) is 2.94. The Balaban J connectivity index is 3.07. The molecule has 4 heteroatoms. The van der Waals surface area contributed by atoms with E-state index in [0.717, 1.165) is 5.75 Å². The molecule has 0 aliphatic carbocycles. The predicted octanol–water partition coefficient (Wildman–Crippen LogP) is 6.94. The van der Waals surface area contributed by atoms with E-state index < -0.39 is 18.8 Å². The van der Waals surface area contributed by atoms with Crippen molar-refractivity contribution in [3.8, 4) is 11.8 Å². The van der Waals surface area contributed by atoms with Gasteiger partial charge in [0.05, 0.1) is 0 Å². The van der Waals surface area contributed by atoms with Crippen molar-refractivity contribution < 1.29 is 3.07 Å². The fourth-order valence-corrected chi connectivity index (χ4v) is 16.5. The Kier molecular flexibility index (Phi) is 10.1. The second-order valence-corrected chi connectivity index (χ2v) is 18.4. The molecule has 0 N–H and O–H groups in total. The summed E-state index contributed by atoms with van der Waals surface area (Å²) in [4.78, 5) is 0. The summed E-state index contributed by atoms with van der Waals surface area (Å²) in [5.74, 6) is 0.774. The molecule has 0 saturated carbocycles. The Hall–Kier alpha value is -0.401. The van der Waals surface area contributed by atoms with E-state index in [1.165, 1.54) is 51.8 Å². The zero-order valence-electron chi connectivity index (χ0n) is 14.8. The Morgan fingerprint density at radius 3 is 1.96 bits per heavy atom. The minimum atomic E-state index is -2.73. The van der Waals surface area contributed by atoms with Crippen LogP contribution in [-0.4, -0.2) is 18.8 Å². The molecule has 2 nitrogen and oxygen atoms in total. The molecule has 0 amide bonds. The van der Waals surface area contributed by atoms with E-state index in [1.54, 1.807) is 6.07 Å². The first-order valence-corrected chi connectivity index (χ1v) is 16.6. The molecule has 0 atom stereocenters. The van der Waals surface area contributed by atoms with E-state index in [0.29, 0.717) is 10.6 Å². The van der Waals surface area contributed by atoms with Gasteiger partial charge in [-0.05, 0) is 0 Å². The summed E-state index contributed by atoms with van der Waals surface area (Å²) in [5.41, 5.74) is 0.586. The molecule has 0 aromatic heterocycles. The molecule has 0 fully saturated rings. The first-order chi connectivity index (χ1) is 11.1. The van der Waals surface area contributed by atoms with E-state index in [1.807, 2.05) is 12.1 Å². The summed E-state index contributed by atoms with van der Waals surface area (Å²) in [5, 5.41) is 10.0. The van der Waals surface area contributed by atoms with Crippen LogP contribution >= 0.6 is 11.6 Å². The summed E-state index contributed by atoms with van der Waals surface area (Å²) in [6.45, 7) is 6.75. The van der Waals surface area contributed by atoms with Gasteiger partial charge < -0.3 is 0 Å². The molecule has 0 bridgehead atoms. The molecule has 0 unspecified atom stereocenters. The van der Waals surface area contributed by atoms with Crippen LogP contribution < -0.4 is 3.07 Å². The topological polar surface area (TPSA) is 33.0 Å². The number of nitrogens with zero attached hydrogens (tertiary/aromatic N) is 1. The van der Waals surface area contributed by atoms with Gasteiger partial charge in [-0.1, -0.05) is 0 Å². The fraction of sp³-hybridized carbons (Fsp3) is 0.632. The van der Waals surface area contributed by atoms with Crippen molar-refractivity contribution in [2.24, 2.45) is 0 Å². The zero-order chi connectivity index (χ0) is 17.1. The number of unbranched alkanes of at least 4 members (excludes halogenated alkanes) is 3. The summed E-state index contributed by atoms with van der Waals surface area (Å²) >= 11 is 3.30. The second-order valence-electron chi connectivity index (χ2n) is 6.35. The normalized spacial score (nSPS) is 11.3. The third kappa shape index (κ3) is 6.93. The van der Waals surface area contributed by atoms with Gasteiger partial charge in [-0.25, -0.2) is 0 Å². The summed E-state index contributed by atoms with van der Waals surface area (Å²) in [6, 6.07) is 7.72. The Labute approximate surface area is 151 Å². The SMILES string of the molecule is CCC[CH2][Sn]([CH2]CCC)([CH2]CCC)[O]c1ccc(Cl)cc1C#N. The van der Waals surface area contributed by atoms with Crippen molar-refractivity contribution in [3.63, 3.8) is 0 Å². The predicted molar refractivity (Wildman–Crippen MR) is 102 cm³/mol. The second kappa shape index (κ2) is 11.2. The average Bonchev–Trinajstić information content (AvgIpc) is 2.57. The van der Waals surface area contributed by atoms with E-state index >= 15 is 0 Å². The molecule has 1 aromatic rings. The van der Waals surface area contributed by atoms with E-state index in [-0.39, 0.29) is 0 Å². The first kappa shape index (κ1) is 20.6. The van der Waals surface area contributed by atoms with Crippen LogP contribution in [0.25, 0.3) is 0 Å². The Bertz CT molecular complexity index is 491. The molecule has 0 saturated heterocycles. The Morgan fingerprint density at radius 1 is 1.00 bits per heavy atom. The first-order valence-electron chi connectivity index (χ1n) is 8.99. The van der Waals surface area contributed by atoms with Gasteiger partial charge in [0, 0.05) is 0 Å². The van der Waals surface area contributed by atoms with Crippen LogP contribution in [-0.2, 0) is 0 Å². The Morgan fingerprint density at radius 2 is 1.52 bits per heavy atom. The van der Waals surface area contributed by atoms with Crippen LogP contribution in [0.4, 0.5) is 0 Å². The van der Waals surface area contributed by atoms with Crippen molar-refractivity contribution in [2.75, 3.05) is 0 Å². The molecule has 23 heavy (non-hydrogen) atoms. The van der Waals surface area contributed by atoms with Gasteiger partial charge in [-0.3, -0.25) is 0 Å². The summed E-state index contributed by atoms with van der Waals surface area (Å²) in [7, 11) is 0. The molecule has 128 valence electrons. The van der Waals surface area contributed by atoms with Crippen LogP contribution in [0.2, 0.25) is 18.3 Å². The van der Waals surface area contributed by atoms with E-state index in [4.69, 9.17) is 14.7 Å². The van der Waals surface area contributed by atoms with Gasteiger partial charge >= 0.3 is 152 Å². The number of halogens is 1. The standard InChI is InChI=1S/C7H4ClNO.3C4H9.Sn/c8-6-1-2-7(10)5(3-6)4-9;3*1-3-4-2;/h1-3,10H;3*1,3-4H2,2H3;/q;;;;+1/p-1. The summed E-state index contributed by atoms with van der Waals surface area (Å²) < 4.78 is 10.5. The monoisotopic (exact) mass is 443 g/mol. The quantitative estimate of drug-likeness (QED) is 0.348. The van der Waals surface area contributed by atoms with E-state index in [2.05, 4.69) is 26.8 Å². The number of rotatable bonds is 11. The number of nitriles is 1. The van der Waals surface area contributed by atoms with E-state index in [9.17, 15) is 5.26 Å². The van der Waals surface area contributed by atoms with Gasteiger partial charge in [0.2, 0.25) is 0 Å². The van der Waals surface area contributed by atoms with Gasteiger partial charge in [0.1, 0.15) is 0 Å². The molecule has 0 aliphatic rings. The van der Waals surface area contributed by atoms with Crippen molar-refractivity contribution in [1.82, 2.24) is 0 Å². The average molecular weight is 443 g/mol. The number of hydrogen-bond donors (Lipinski definition) is 0. The molecule has 1 aromatic carbocycles. The molecule has 0 aliphatic heterocycles. The molecule has 0 heterocycles. The van der Waals surface area contributed by atoms with Gasteiger partial charge in [-0.15, -0.1) is 0 Å². The van der Waals surface area contributed by atoms with Crippen LogP contribution in [0.1, 0.15) is 64.9 Å². The van der Waals surface area contributed by atoms with Crippen molar-refractivity contribution in [1.29, 1.82) is 5.26 Å². The third-order valence-electron chi connectivity index (χ3n) is 4.35. The maximum atomic E-state index is 9.40. The van der Waals surface area contributed by atoms with Crippen LogP contribution in [0.3, 0.4) is 0 Å².